The molecule has 0 spiro atoms. The second kappa shape index (κ2) is 4.11. The molecule has 3 aliphatic rings. The van der Waals surface area contributed by atoms with E-state index in [0.29, 0.717) is 0 Å². The molecule has 0 aromatic rings. The average Bonchev–Trinajstić information content (AvgIpc) is 2.12. The summed E-state index contributed by atoms with van der Waals surface area (Å²) >= 11 is 0. The first-order valence-electron chi connectivity index (χ1n) is 6.28. The van der Waals surface area contributed by atoms with Crippen LogP contribution in [0.2, 0.25) is 0 Å². The first kappa shape index (κ1) is 13.1. The average molecular weight is 252 g/mol. The highest BCUT2D eigenvalue weighted by atomic mass is 16.6. The molecular weight excluding hydrogens is 232 g/mol. The summed E-state index contributed by atoms with van der Waals surface area (Å²) in [7, 11) is 0. The number of fused-ring (bicyclic) bond motifs is 1. The van der Waals surface area contributed by atoms with E-state index in [1.54, 1.807) is 0 Å². The van der Waals surface area contributed by atoms with Crippen molar-refractivity contribution in [3.8, 4) is 0 Å². The molecule has 4 unspecified atom stereocenters. The molecule has 3 rings (SSSR count). The zero-order chi connectivity index (χ0) is 13.7. The Balaban J connectivity index is 2.28. The molecule has 18 heavy (non-hydrogen) atoms. The van der Waals surface area contributed by atoms with Gasteiger partial charge in [-0.2, -0.15) is 0 Å². The van der Waals surface area contributed by atoms with Crippen LogP contribution < -0.4 is 0 Å². The lowest BCUT2D eigenvalue weighted by atomic mass is 9.46. The van der Waals surface area contributed by atoms with Gasteiger partial charge < -0.3 is 9.47 Å². The Bertz CT molecular complexity index is 422. The maximum absolute atomic E-state index is 11.2. The number of carbonyl (C=O) groups excluding carboxylic acids is 2. The number of hydrogen-bond donors (Lipinski definition) is 0. The van der Waals surface area contributed by atoms with Gasteiger partial charge >= 0.3 is 11.9 Å². The summed E-state index contributed by atoms with van der Waals surface area (Å²) in [5.74, 6) is -0.286. The Morgan fingerprint density at radius 1 is 1.17 bits per heavy atom. The van der Waals surface area contributed by atoms with Crippen LogP contribution >= 0.6 is 0 Å². The van der Waals surface area contributed by atoms with Crippen molar-refractivity contribution in [3.05, 3.63) is 11.6 Å². The minimum absolute atomic E-state index is 0.000926. The van der Waals surface area contributed by atoms with E-state index in [4.69, 9.17) is 9.47 Å². The van der Waals surface area contributed by atoms with Gasteiger partial charge in [-0.15, -0.1) is 0 Å². The van der Waals surface area contributed by atoms with Gasteiger partial charge in [0.15, 0.2) is 0 Å². The van der Waals surface area contributed by atoms with Crippen molar-refractivity contribution in [1.82, 2.24) is 0 Å². The fraction of sp³-hybridized carbons (Fsp3) is 0.714. The topological polar surface area (TPSA) is 52.6 Å². The molecule has 0 aliphatic heterocycles. The smallest absolute Gasteiger partial charge is 0.303 e. The maximum Gasteiger partial charge on any atom is 0.303 e. The lowest BCUT2D eigenvalue weighted by Crippen LogP contribution is -2.66. The van der Waals surface area contributed by atoms with Crippen molar-refractivity contribution >= 4 is 11.9 Å². The molecule has 3 aliphatic carbocycles. The predicted molar refractivity (Wildman–Crippen MR) is 65.6 cm³/mol. The molecule has 0 saturated heterocycles. The summed E-state index contributed by atoms with van der Waals surface area (Å²) in [5.41, 5.74) is 1.14. The highest BCUT2D eigenvalue weighted by Gasteiger charge is 2.64. The minimum Gasteiger partial charge on any atom is -0.461 e. The largest absolute Gasteiger partial charge is 0.461 e. The van der Waals surface area contributed by atoms with Crippen molar-refractivity contribution in [2.75, 3.05) is 0 Å². The zero-order valence-electron chi connectivity index (χ0n) is 11.5. The molecule has 100 valence electrons. The van der Waals surface area contributed by atoms with E-state index in [9.17, 15) is 9.59 Å². The predicted octanol–water partition coefficient (Wildman–Crippen LogP) is 2.08. The van der Waals surface area contributed by atoms with Gasteiger partial charge in [-0.3, -0.25) is 9.59 Å². The molecule has 0 heterocycles. The molecule has 4 heteroatoms. The van der Waals surface area contributed by atoms with Crippen LogP contribution in [0.25, 0.3) is 0 Å². The Morgan fingerprint density at radius 3 is 2.17 bits per heavy atom. The molecule has 0 radical (unpaired) electrons. The van der Waals surface area contributed by atoms with Crippen LogP contribution in [0.1, 0.15) is 34.6 Å². The van der Waals surface area contributed by atoms with E-state index in [0.717, 1.165) is 5.57 Å². The van der Waals surface area contributed by atoms with Gasteiger partial charge in [-0.05, 0) is 18.4 Å². The van der Waals surface area contributed by atoms with Gasteiger partial charge in [-0.25, -0.2) is 0 Å². The summed E-state index contributed by atoms with van der Waals surface area (Å²) < 4.78 is 10.8. The lowest BCUT2D eigenvalue weighted by Gasteiger charge is -2.62. The molecule has 2 bridgehead atoms. The Labute approximate surface area is 107 Å². The van der Waals surface area contributed by atoms with Crippen molar-refractivity contribution in [3.63, 3.8) is 0 Å². The van der Waals surface area contributed by atoms with E-state index in [-0.39, 0.29) is 41.4 Å². The molecule has 4 nitrogen and oxygen atoms in total. The maximum atomic E-state index is 11.2. The van der Waals surface area contributed by atoms with Crippen LogP contribution in [0, 0.1) is 17.3 Å². The molecule has 1 saturated carbocycles. The van der Waals surface area contributed by atoms with Gasteiger partial charge in [0.25, 0.3) is 0 Å². The molecule has 0 aromatic carbocycles. The highest BCUT2D eigenvalue weighted by molar-refractivity contribution is 5.67. The Morgan fingerprint density at radius 2 is 1.72 bits per heavy atom. The summed E-state index contributed by atoms with van der Waals surface area (Å²) in [5, 5.41) is 0. The van der Waals surface area contributed by atoms with E-state index in [2.05, 4.69) is 13.8 Å². The highest BCUT2D eigenvalue weighted by Crippen LogP contribution is 2.61. The van der Waals surface area contributed by atoms with Crippen LogP contribution in [0.15, 0.2) is 11.6 Å². The summed E-state index contributed by atoms with van der Waals surface area (Å²) in [6, 6.07) is 0. The normalized spacial score (nSPS) is 36.2. The van der Waals surface area contributed by atoms with Crippen molar-refractivity contribution in [2.24, 2.45) is 17.3 Å². The Hall–Kier alpha value is -1.32. The quantitative estimate of drug-likeness (QED) is 0.557. The van der Waals surface area contributed by atoms with Gasteiger partial charge in [0.05, 0.1) is 0 Å². The fourth-order valence-corrected chi connectivity index (χ4v) is 3.70. The first-order chi connectivity index (χ1) is 8.25. The van der Waals surface area contributed by atoms with E-state index in [1.165, 1.54) is 13.8 Å². The molecule has 1 fully saturated rings. The molecule has 0 amide bonds. The number of hydrogen-bond acceptors (Lipinski definition) is 4. The summed E-state index contributed by atoms with van der Waals surface area (Å²) in [6.07, 6.45) is 1.54. The van der Waals surface area contributed by atoms with Crippen LogP contribution in [0.3, 0.4) is 0 Å². The first-order valence-corrected chi connectivity index (χ1v) is 6.28. The van der Waals surface area contributed by atoms with Crippen molar-refractivity contribution in [2.45, 2.75) is 46.8 Å². The third kappa shape index (κ3) is 1.84. The monoisotopic (exact) mass is 252 g/mol. The van der Waals surface area contributed by atoms with Gasteiger partial charge in [0.2, 0.25) is 0 Å². The molecule has 0 N–H and O–H groups in total. The molecular formula is C14H20O4. The van der Waals surface area contributed by atoms with Crippen molar-refractivity contribution < 1.29 is 19.1 Å². The van der Waals surface area contributed by atoms with Crippen LogP contribution in [0.4, 0.5) is 0 Å². The Kier molecular flexibility index (Phi) is 2.99. The van der Waals surface area contributed by atoms with Crippen LogP contribution in [-0.4, -0.2) is 24.1 Å². The van der Waals surface area contributed by atoms with Gasteiger partial charge in [-0.1, -0.05) is 19.4 Å². The van der Waals surface area contributed by atoms with Crippen LogP contribution in [-0.2, 0) is 19.1 Å². The number of carbonyl (C=O) groups is 2. The van der Waals surface area contributed by atoms with E-state index >= 15 is 0 Å². The summed E-state index contributed by atoms with van der Waals surface area (Å²) in [4.78, 5) is 22.3. The van der Waals surface area contributed by atoms with Gasteiger partial charge in [0.1, 0.15) is 12.2 Å². The van der Waals surface area contributed by atoms with E-state index < -0.39 is 0 Å². The minimum atomic E-state index is -0.299. The second-order valence-electron chi connectivity index (χ2n) is 5.88. The van der Waals surface area contributed by atoms with Gasteiger partial charge in [0, 0.05) is 25.7 Å². The van der Waals surface area contributed by atoms with E-state index in [1.807, 2.05) is 13.0 Å². The second-order valence-corrected chi connectivity index (χ2v) is 5.88. The third-order valence-electron chi connectivity index (χ3n) is 4.22. The third-order valence-corrected chi connectivity index (χ3v) is 4.22. The fourth-order valence-electron chi connectivity index (χ4n) is 3.70. The summed E-state index contributed by atoms with van der Waals surface area (Å²) in [6.45, 7) is 9.10. The SMILES string of the molecule is CC(=O)OC1C=C(C)C2C(OC(C)=O)C1C2(C)C. The number of ether oxygens (including phenoxy) is 2. The lowest BCUT2D eigenvalue weighted by molar-refractivity contribution is -0.215. The van der Waals surface area contributed by atoms with Crippen molar-refractivity contribution in [1.29, 1.82) is 0 Å². The van der Waals surface area contributed by atoms with Crippen LogP contribution in [0.5, 0.6) is 0 Å². The zero-order valence-corrected chi connectivity index (χ0v) is 11.5. The standard InChI is InChI=1S/C14H20O4/c1-7-6-10(17-8(2)15)12-13(18-9(3)16)11(7)14(12,4)5/h6,10-13H,1-5H3. The number of esters is 2. The number of rotatable bonds is 2. The molecule has 0 aromatic heterocycles. The molecule has 4 atom stereocenters.